The summed E-state index contributed by atoms with van der Waals surface area (Å²) in [5, 5.41) is 12.0. The minimum atomic E-state index is -1.01. The number of nitrogens with one attached hydrogen (secondary N) is 1. The van der Waals surface area contributed by atoms with Crippen molar-refractivity contribution in [1.29, 1.82) is 0 Å². The van der Waals surface area contributed by atoms with E-state index in [1.165, 1.54) is 6.07 Å². The van der Waals surface area contributed by atoms with Gasteiger partial charge in [-0.1, -0.05) is 24.3 Å². The molecule has 0 spiro atoms. The van der Waals surface area contributed by atoms with Crippen LogP contribution in [0.15, 0.2) is 48.5 Å². The molecule has 1 aliphatic heterocycles. The standard InChI is InChI=1S/C22H24N2O5/c25-20(11-10-16-6-1-2-9-19(16)22(27)28)23-17-7-5-8-18(14-17)29-15-21(26)24-12-3-4-13-24/h1-2,5-9,14H,3-4,10-13,15H2,(H,23,25)(H,27,28). The number of nitrogens with zero attached hydrogens (tertiary/aromatic N) is 1. The number of carboxylic acids is 1. The Kier molecular flexibility index (Phi) is 6.84. The second kappa shape index (κ2) is 9.73. The van der Waals surface area contributed by atoms with E-state index in [2.05, 4.69) is 5.32 Å². The fourth-order valence-corrected chi connectivity index (χ4v) is 3.29. The van der Waals surface area contributed by atoms with Crippen LogP contribution < -0.4 is 10.1 Å². The summed E-state index contributed by atoms with van der Waals surface area (Å²) in [6, 6.07) is 13.5. The molecule has 3 rings (SSSR count). The molecule has 0 atom stereocenters. The first-order valence-electron chi connectivity index (χ1n) is 9.64. The van der Waals surface area contributed by atoms with Crippen LogP contribution in [0.25, 0.3) is 0 Å². The first-order chi connectivity index (χ1) is 14.0. The number of anilines is 1. The molecule has 0 aliphatic carbocycles. The Labute approximate surface area is 169 Å². The predicted molar refractivity (Wildman–Crippen MR) is 108 cm³/mol. The maximum atomic E-state index is 12.3. The lowest BCUT2D eigenvalue weighted by molar-refractivity contribution is -0.132. The first kappa shape index (κ1) is 20.4. The van der Waals surface area contributed by atoms with Crippen molar-refractivity contribution in [3.63, 3.8) is 0 Å². The molecular weight excluding hydrogens is 372 g/mol. The predicted octanol–water partition coefficient (Wildman–Crippen LogP) is 2.96. The number of benzene rings is 2. The second-order valence-corrected chi connectivity index (χ2v) is 6.91. The van der Waals surface area contributed by atoms with Gasteiger partial charge in [-0.15, -0.1) is 0 Å². The Morgan fingerprint density at radius 1 is 1.03 bits per heavy atom. The Morgan fingerprint density at radius 3 is 2.55 bits per heavy atom. The van der Waals surface area contributed by atoms with E-state index in [0.29, 0.717) is 23.4 Å². The lowest BCUT2D eigenvalue weighted by atomic mass is 10.0. The lowest BCUT2D eigenvalue weighted by Gasteiger charge is -2.15. The van der Waals surface area contributed by atoms with Gasteiger partial charge in [0.05, 0.1) is 5.56 Å². The van der Waals surface area contributed by atoms with Gasteiger partial charge in [-0.2, -0.15) is 0 Å². The Bertz CT molecular complexity index is 890. The lowest BCUT2D eigenvalue weighted by Crippen LogP contribution is -2.32. The Hall–Kier alpha value is -3.35. The van der Waals surface area contributed by atoms with Crippen LogP contribution in [0.4, 0.5) is 5.69 Å². The third kappa shape index (κ3) is 5.81. The van der Waals surface area contributed by atoms with Gasteiger partial charge in [-0.3, -0.25) is 9.59 Å². The maximum Gasteiger partial charge on any atom is 0.335 e. The van der Waals surface area contributed by atoms with E-state index in [9.17, 15) is 19.5 Å². The van der Waals surface area contributed by atoms with Gasteiger partial charge in [0.25, 0.3) is 5.91 Å². The van der Waals surface area contributed by atoms with Gasteiger partial charge in [0, 0.05) is 31.3 Å². The number of carbonyl (C=O) groups is 3. The summed E-state index contributed by atoms with van der Waals surface area (Å²) in [6.07, 6.45) is 2.55. The van der Waals surface area contributed by atoms with Crippen LogP contribution in [-0.4, -0.2) is 47.5 Å². The smallest absolute Gasteiger partial charge is 0.335 e. The summed E-state index contributed by atoms with van der Waals surface area (Å²) >= 11 is 0. The molecule has 0 radical (unpaired) electrons. The molecular formula is C22H24N2O5. The van der Waals surface area contributed by atoms with E-state index in [0.717, 1.165) is 25.9 Å². The number of rotatable bonds is 8. The Balaban J connectivity index is 1.51. The molecule has 1 aliphatic rings. The van der Waals surface area contributed by atoms with E-state index >= 15 is 0 Å². The van der Waals surface area contributed by atoms with Crippen LogP contribution in [0, 0.1) is 0 Å². The normalized spacial score (nSPS) is 13.2. The summed E-state index contributed by atoms with van der Waals surface area (Å²) in [4.78, 5) is 37.4. The molecule has 7 heteroatoms. The van der Waals surface area contributed by atoms with Crippen LogP contribution >= 0.6 is 0 Å². The highest BCUT2D eigenvalue weighted by Crippen LogP contribution is 2.19. The van der Waals surface area contributed by atoms with Crippen molar-refractivity contribution in [1.82, 2.24) is 4.90 Å². The molecule has 2 N–H and O–H groups in total. The van der Waals surface area contributed by atoms with Gasteiger partial charge >= 0.3 is 5.97 Å². The minimum absolute atomic E-state index is 0.0244. The van der Waals surface area contributed by atoms with Crippen LogP contribution in [0.3, 0.4) is 0 Å². The zero-order chi connectivity index (χ0) is 20.6. The molecule has 0 saturated carbocycles. The highest BCUT2D eigenvalue weighted by molar-refractivity contribution is 5.92. The summed E-state index contributed by atoms with van der Waals surface area (Å²) in [6.45, 7) is 1.54. The van der Waals surface area contributed by atoms with Crippen LogP contribution in [0.1, 0.15) is 35.2 Å². The highest BCUT2D eigenvalue weighted by atomic mass is 16.5. The van der Waals surface area contributed by atoms with Gasteiger partial charge in [0.2, 0.25) is 5.91 Å². The fourth-order valence-electron chi connectivity index (χ4n) is 3.29. The molecule has 0 aromatic heterocycles. The van der Waals surface area contributed by atoms with Crippen molar-refractivity contribution in [2.24, 2.45) is 0 Å². The first-order valence-corrected chi connectivity index (χ1v) is 9.64. The SMILES string of the molecule is O=C(CCc1ccccc1C(=O)O)Nc1cccc(OCC(=O)N2CCCC2)c1. The highest BCUT2D eigenvalue weighted by Gasteiger charge is 2.18. The number of aryl methyl sites for hydroxylation is 1. The monoisotopic (exact) mass is 396 g/mol. The third-order valence-corrected chi connectivity index (χ3v) is 4.81. The number of hydrogen-bond acceptors (Lipinski definition) is 4. The van der Waals surface area contributed by atoms with Crippen molar-refractivity contribution < 1.29 is 24.2 Å². The van der Waals surface area contributed by atoms with Crippen molar-refractivity contribution in [3.8, 4) is 5.75 Å². The fraction of sp³-hybridized carbons (Fsp3) is 0.318. The average Bonchev–Trinajstić information content (AvgIpc) is 3.26. The largest absolute Gasteiger partial charge is 0.484 e. The quantitative estimate of drug-likeness (QED) is 0.715. The van der Waals surface area contributed by atoms with Crippen LogP contribution in [-0.2, 0) is 16.0 Å². The van der Waals surface area contributed by atoms with E-state index in [1.807, 2.05) is 0 Å². The van der Waals surface area contributed by atoms with Gasteiger partial charge in [-0.25, -0.2) is 4.79 Å². The molecule has 152 valence electrons. The molecule has 0 unspecified atom stereocenters. The van der Waals surface area contributed by atoms with Gasteiger partial charge in [0.1, 0.15) is 5.75 Å². The molecule has 7 nitrogen and oxygen atoms in total. The third-order valence-electron chi connectivity index (χ3n) is 4.81. The van der Waals surface area contributed by atoms with Crippen LogP contribution in [0.2, 0.25) is 0 Å². The van der Waals surface area contributed by atoms with E-state index < -0.39 is 5.97 Å². The van der Waals surface area contributed by atoms with Crippen molar-refractivity contribution in [2.75, 3.05) is 25.0 Å². The van der Waals surface area contributed by atoms with Gasteiger partial charge < -0.3 is 20.1 Å². The van der Waals surface area contributed by atoms with Gasteiger partial charge in [0.15, 0.2) is 6.61 Å². The van der Waals surface area contributed by atoms with Crippen molar-refractivity contribution >= 4 is 23.5 Å². The number of hydrogen-bond donors (Lipinski definition) is 2. The zero-order valence-corrected chi connectivity index (χ0v) is 16.1. The molecule has 29 heavy (non-hydrogen) atoms. The number of ether oxygens (including phenoxy) is 1. The second-order valence-electron chi connectivity index (χ2n) is 6.91. The number of amides is 2. The molecule has 1 saturated heterocycles. The Morgan fingerprint density at radius 2 is 1.79 bits per heavy atom. The van der Waals surface area contributed by atoms with E-state index in [4.69, 9.17) is 4.74 Å². The van der Waals surface area contributed by atoms with Crippen LogP contribution in [0.5, 0.6) is 5.75 Å². The van der Waals surface area contributed by atoms with E-state index in [1.54, 1.807) is 47.4 Å². The summed E-state index contributed by atoms with van der Waals surface area (Å²) in [5.74, 6) is -0.759. The zero-order valence-electron chi connectivity index (χ0n) is 16.1. The maximum absolute atomic E-state index is 12.3. The van der Waals surface area contributed by atoms with Gasteiger partial charge in [-0.05, 0) is 43.0 Å². The topological polar surface area (TPSA) is 95.9 Å². The minimum Gasteiger partial charge on any atom is -0.484 e. The molecule has 0 bridgehead atoms. The summed E-state index contributed by atoms with van der Waals surface area (Å²) in [5.41, 5.74) is 1.39. The number of carbonyl (C=O) groups excluding carboxylic acids is 2. The summed E-state index contributed by atoms with van der Waals surface area (Å²) < 4.78 is 5.57. The molecule has 2 aromatic carbocycles. The van der Waals surface area contributed by atoms with Crippen molar-refractivity contribution in [3.05, 3.63) is 59.7 Å². The molecule has 2 amide bonds. The number of aromatic carboxylic acids is 1. The number of carboxylic acid groups (broad SMARTS) is 1. The molecule has 1 fully saturated rings. The summed E-state index contributed by atoms with van der Waals surface area (Å²) in [7, 11) is 0. The number of likely N-dealkylation sites (tertiary alicyclic amines) is 1. The molecule has 1 heterocycles. The van der Waals surface area contributed by atoms with E-state index in [-0.39, 0.29) is 30.4 Å². The average molecular weight is 396 g/mol. The van der Waals surface area contributed by atoms with Crippen molar-refractivity contribution in [2.45, 2.75) is 25.7 Å². The molecule has 2 aromatic rings.